The fraction of sp³-hybridized carbons (Fsp3) is 0.316. The van der Waals surface area contributed by atoms with E-state index in [1.807, 2.05) is 18.2 Å². The summed E-state index contributed by atoms with van der Waals surface area (Å²) >= 11 is 0. The number of hydrogen-bond donors (Lipinski definition) is 1. The van der Waals surface area contributed by atoms with Gasteiger partial charge in [-0.25, -0.2) is 0 Å². The van der Waals surface area contributed by atoms with Crippen molar-refractivity contribution >= 4 is 17.7 Å². The zero-order chi connectivity index (χ0) is 18.4. The summed E-state index contributed by atoms with van der Waals surface area (Å²) in [7, 11) is 0. The summed E-state index contributed by atoms with van der Waals surface area (Å²) in [5.41, 5.74) is 2.87. The molecule has 136 valence electrons. The topological polar surface area (TPSA) is 84.7 Å². The monoisotopic (exact) mass is 355 g/mol. The molecule has 0 aliphatic carbocycles. The number of carbonyl (C=O) groups excluding carboxylic acids is 1. The van der Waals surface area contributed by atoms with Gasteiger partial charge in [0.15, 0.2) is 0 Å². The number of nitrogens with zero attached hydrogens (tertiary/aromatic N) is 2. The van der Waals surface area contributed by atoms with Gasteiger partial charge in [0.1, 0.15) is 12.0 Å². The highest BCUT2D eigenvalue weighted by molar-refractivity contribution is 5.79. The number of hydrogen-bond acceptors (Lipinski definition) is 6. The van der Waals surface area contributed by atoms with E-state index >= 15 is 0 Å². The SMILES string of the molecule is O=Cc1ccc(NCc2ccccc2CN2CCOCC2)c([N+](=O)[O-])c1. The van der Waals surface area contributed by atoms with Crippen LogP contribution in [0.3, 0.4) is 0 Å². The molecule has 1 saturated heterocycles. The van der Waals surface area contributed by atoms with E-state index < -0.39 is 4.92 Å². The van der Waals surface area contributed by atoms with Crippen molar-refractivity contribution in [1.82, 2.24) is 4.90 Å². The van der Waals surface area contributed by atoms with Crippen LogP contribution in [0.25, 0.3) is 0 Å². The number of ether oxygens (including phenoxy) is 1. The van der Waals surface area contributed by atoms with Crippen LogP contribution in [0.4, 0.5) is 11.4 Å². The minimum Gasteiger partial charge on any atom is -0.379 e. The van der Waals surface area contributed by atoms with Crippen LogP contribution >= 0.6 is 0 Å². The van der Waals surface area contributed by atoms with Crippen LogP contribution in [-0.2, 0) is 17.8 Å². The number of aldehydes is 1. The summed E-state index contributed by atoms with van der Waals surface area (Å²) < 4.78 is 5.38. The molecule has 0 atom stereocenters. The molecule has 0 amide bonds. The van der Waals surface area contributed by atoms with Gasteiger partial charge in [0.05, 0.1) is 18.1 Å². The number of morpholine rings is 1. The van der Waals surface area contributed by atoms with Gasteiger partial charge in [-0.05, 0) is 23.3 Å². The first-order valence-electron chi connectivity index (χ1n) is 8.52. The van der Waals surface area contributed by atoms with Gasteiger partial charge < -0.3 is 10.1 Å². The van der Waals surface area contributed by atoms with Crippen molar-refractivity contribution in [3.05, 3.63) is 69.3 Å². The van der Waals surface area contributed by atoms with E-state index in [2.05, 4.69) is 16.3 Å². The average Bonchev–Trinajstić information content (AvgIpc) is 2.68. The highest BCUT2D eigenvalue weighted by Gasteiger charge is 2.16. The normalized spacial score (nSPS) is 14.8. The predicted molar refractivity (Wildman–Crippen MR) is 98.3 cm³/mol. The summed E-state index contributed by atoms with van der Waals surface area (Å²) in [5.74, 6) is 0. The number of benzene rings is 2. The average molecular weight is 355 g/mol. The van der Waals surface area contributed by atoms with Crippen molar-refractivity contribution in [3.8, 4) is 0 Å². The number of anilines is 1. The van der Waals surface area contributed by atoms with Crippen LogP contribution in [0, 0.1) is 10.1 Å². The van der Waals surface area contributed by atoms with E-state index in [0.29, 0.717) is 18.5 Å². The zero-order valence-corrected chi connectivity index (χ0v) is 14.4. The lowest BCUT2D eigenvalue weighted by Gasteiger charge is -2.27. The van der Waals surface area contributed by atoms with Gasteiger partial charge >= 0.3 is 0 Å². The van der Waals surface area contributed by atoms with Gasteiger partial charge in [0, 0.05) is 37.8 Å². The number of carbonyl (C=O) groups is 1. The smallest absolute Gasteiger partial charge is 0.293 e. The van der Waals surface area contributed by atoms with Gasteiger partial charge in [-0.1, -0.05) is 24.3 Å². The number of nitrogens with one attached hydrogen (secondary N) is 1. The van der Waals surface area contributed by atoms with Crippen LogP contribution in [0.1, 0.15) is 21.5 Å². The van der Waals surface area contributed by atoms with Gasteiger partial charge in [0.25, 0.3) is 5.69 Å². The number of nitro groups is 1. The summed E-state index contributed by atoms with van der Waals surface area (Å²) in [6.45, 7) is 4.60. The maximum atomic E-state index is 11.3. The Hall–Kier alpha value is -2.77. The number of nitro benzene ring substituents is 1. The Kier molecular flexibility index (Phi) is 5.93. The van der Waals surface area contributed by atoms with Crippen molar-refractivity contribution in [2.75, 3.05) is 31.6 Å². The van der Waals surface area contributed by atoms with E-state index in [4.69, 9.17) is 4.74 Å². The molecular formula is C19H21N3O4. The van der Waals surface area contributed by atoms with Crippen LogP contribution in [-0.4, -0.2) is 42.4 Å². The van der Waals surface area contributed by atoms with Gasteiger partial charge in [-0.3, -0.25) is 19.8 Å². The fourth-order valence-corrected chi connectivity index (χ4v) is 3.00. The molecule has 2 aromatic carbocycles. The minimum atomic E-state index is -0.477. The molecule has 1 heterocycles. The lowest BCUT2D eigenvalue weighted by molar-refractivity contribution is -0.384. The second kappa shape index (κ2) is 8.55. The Morgan fingerprint density at radius 1 is 1.15 bits per heavy atom. The second-order valence-corrected chi connectivity index (χ2v) is 6.16. The Morgan fingerprint density at radius 3 is 2.58 bits per heavy atom. The highest BCUT2D eigenvalue weighted by atomic mass is 16.6. The molecule has 0 radical (unpaired) electrons. The molecule has 7 heteroatoms. The van der Waals surface area contributed by atoms with E-state index in [1.54, 1.807) is 12.1 Å². The van der Waals surface area contributed by atoms with Crippen LogP contribution in [0.5, 0.6) is 0 Å². The maximum absolute atomic E-state index is 11.3. The molecular weight excluding hydrogens is 334 g/mol. The lowest BCUT2D eigenvalue weighted by Crippen LogP contribution is -2.35. The van der Waals surface area contributed by atoms with Crippen molar-refractivity contribution < 1.29 is 14.5 Å². The summed E-state index contributed by atoms with van der Waals surface area (Å²) in [5, 5.41) is 14.4. The first-order chi connectivity index (χ1) is 12.7. The molecule has 1 fully saturated rings. The van der Waals surface area contributed by atoms with Crippen LogP contribution in [0.15, 0.2) is 42.5 Å². The standard InChI is InChI=1S/C19H21N3O4/c23-14-15-5-6-18(19(11-15)22(24)25)20-12-16-3-1-2-4-17(16)13-21-7-9-26-10-8-21/h1-6,11,14,20H,7-10,12-13H2. The quantitative estimate of drug-likeness (QED) is 0.467. The molecule has 26 heavy (non-hydrogen) atoms. The van der Waals surface area contributed by atoms with Crippen molar-refractivity contribution in [3.63, 3.8) is 0 Å². The van der Waals surface area contributed by atoms with Gasteiger partial charge in [-0.15, -0.1) is 0 Å². The molecule has 1 aliphatic rings. The third kappa shape index (κ3) is 4.44. The Morgan fingerprint density at radius 2 is 1.88 bits per heavy atom. The first kappa shape index (κ1) is 18.0. The van der Waals surface area contributed by atoms with Gasteiger partial charge in [0.2, 0.25) is 0 Å². The minimum absolute atomic E-state index is 0.0970. The molecule has 3 rings (SSSR count). The first-order valence-corrected chi connectivity index (χ1v) is 8.52. The summed E-state index contributed by atoms with van der Waals surface area (Å²) in [4.78, 5) is 24.0. The molecule has 1 N–H and O–H groups in total. The van der Waals surface area contributed by atoms with Crippen molar-refractivity contribution in [2.45, 2.75) is 13.1 Å². The van der Waals surface area contributed by atoms with Crippen molar-refractivity contribution in [1.29, 1.82) is 0 Å². The van der Waals surface area contributed by atoms with Crippen molar-refractivity contribution in [2.24, 2.45) is 0 Å². The Balaban J connectivity index is 1.74. The Bertz CT molecular complexity index is 788. The van der Waals surface area contributed by atoms with E-state index in [0.717, 1.165) is 38.4 Å². The molecule has 0 spiro atoms. The predicted octanol–water partition coefficient (Wildman–Crippen LogP) is 2.85. The summed E-state index contributed by atoms with van der Waals surface area (Å²) in [6, 6.07) is 12.5. The zero-order valence-electron chi connectivity index (χ0n) is 14.4. The molecule has 0 saturated carbocycles. The maximum Gasteiger partial charge on any atom is 0.293 e. The van der Waals surface area contributed by atoms with Gasteiger partial charge in [-0.2, -0.15) is 0 Å². The summed E-state index contributed by atoms with van der Waals surface area (Å²) in [6.07, 6.45) is 0.606. The molecule has 1 aliphatic heterocycles. The highest BCUT2D eigenvalue weighted by Crippen LogP contribution is 2.26. The third-order valence-electron chi connectivity index (χ3n) is 4.44. The van der Waals surface area contributed by atoms with E-state index in [9.17, 15) is 14.9 Å². The van der Waals surface area contributed by atoms with Crippen LogP contribution < -0.4 is 5.32 Å². The Labute approximate surface area is 151 Å². The molecule has 0 aromatic heterocycles. The number of rotatable bonds is 7. The largest absolute Gasteiger partial charge is 0.379 e. The lowest BCUT2D eigenvalue weighted by atomic mass is 10.1. The van der Waals surface area contributed by atoms with Crippen LogP contribution in [0.2, 0.25) is 0 Å². The van der Waals surface area contributed by atoms with E-state index in [1.165, 1.54) is 11.6 Å². The fourth-order valence-electron chi connectivity index (χ4n) is 3.00. The van der Waals surface area contributed by atoms with E-state index in [-0.39, 0.29) is 11.3 Å². The molecule has 0 bridgehead atoms. The third-order valence-corrected chi connectivity index (χ3v) is 4.44. The molecule has 7 nitrogen and oxygen atoms in total. The molecule has 0 unspecified atom stereocenters. The second-order valence-electron chi connectivity index (χ2n) is 6.16. The molecule has 2 aromatic rings.